The van der Waals surface area contributed by atoms with Gasteiger partial charge in [-0.05, 0) is 26.2 Å². The van der Waals surface area contributed by atoms with Crippen molar-refractivity contribution in [2.45, 2.75) is 77.6 Å². The highest BCUT2D eigenvalue weighted by atomic mass is 16.7. The molecule has 3 amide bonds. The van der Waals surface area contributed by atoms with Gasteiger partial charge in [-0.2, -0.15) is 0 Å². The first-order valence-corrected chi connectivity index (χ1v) is 11.4. The number of ketones is 1. The molecule has 0 bridgehead atoms. The Morgan fingerprint density at radius 3 is 2.03 bits per heavy atom. The number of imide groups is 1. The average Bonchev–Trinajstić information content (AvgIpc) is 3.06. The predicted molar refractivity (Wildman–Crippen MR) is 114 cm³/mol. The van der Waals surface area contributed by atoms with Crippen LogP contribution in [-0.2, 0) is 38.3 Å². The van der Waals surface area contributed by atoms with E-state index < -0.39 is 17.8 Å². The fraction of sp³-hybridized carbons (Fsp3) is 0.773. The second kappa shape index (κ2) is 17.3. The summed E-state index contributed by atoms with van der Waals surface area (Å²) in [5.41, 5.74) is 0. The van der Waals surface area contributed by atoms with Gasteiger partial charge >= 0.3 is 5.97 Å². The summed E-state index contributed by atoms with van der Waals surface area (Å²) < 4.78 is 10.7. The summed E-state index contributed by atoms with van der Waals surface area (Å²) in [7, 11) is 0. The number of hydrogen-bond acceptors (Lipinski definition) is 8. The number of Topliss-reactive ketones (excluding diaryl/α,β-unsaturated/α-hetero) is 1. The van der Waals surface area contributed by atoms with Crippen molar-refractivity contribution in [3.8, 4) is 0 Å². The number of ether oxygens (including phenoxy) is 2. The van der Waals surface area contributed by atoms with Crippen LogP contribution in [0.3, 0.4) is 0 Å². The molecule has 1 heterocycles. The number of unbranched alkanes of at least 4 members (excludes halogenated alkanes) is 4. The molecule has 1 aliphatic rings. The Balaban J connectivity index is 1.84. The van der Waals surface area contributed by atoms with Crippen molar-refractivity contribution in [1.82, 2.24) is 10.4 Å². The van der Waals surface area contributed by atoms with Crippen molar-refractivity contribution >= 4 is 29.5 Å². The Hall–Kier alpha value is -2.33. The first-order valence-electron chi connectivity index (χ1n) is 11.4. The van der Waals surface area contributed by atoms with E-state index in [9.17, 15) is 24.0 Å². The lowest BCUT2D eigenvalue weighted by Crippen LogP contribution is -2.31. The van der Waals surface area contributed by atoms with Gasteiger partial charge in [0.05, 0.1) is 13.2 Å². The maximum atomic E-state index is 11.7. The number of carbonyl (C=O) groups is 5. The van der Waals surface area contributed by atoms with Crippen molar-refractivity contribution in [2.24, 2.45) is 0 Å². The van der Waals surface area contributed by atoms with Gasteiger partial charge in [-0.25, -0.2) is 4.79 Å². The quantitative estimate of drug-likeness (QED) is 0.230. The predicted octanol–water partition coefficient (Wildman–Crippen LogP) is 1.84. The maximum Gasteiger partial charge on any atom is 0.333 e. The Morgan fingerprint density at radius 2 is 1.38 bits per heavy atom. The second-order valence-electron chi connectivity index (χ2n) is 7.69. The van der Waals surface area contributed by atoms with Gasteiger partial charge in [-0.3, -0.25) is 19.2 Å². The van der Waals surface area contributed by atoms with E-state index in [2.05, 4.69) is 5.32 Å². The molecule has 0 spiro atoms. The number of amides is 3. The molecule has 1 fully saturated rings. The van der Waals surface area contributed by atoms with Gasteiger partial charge in [0, 0.05) is 51.9 Å². The fourth-order valence-electron chi connectivity index (χ4n) is 2.89. The van der Waals surface area contributed by atoms with Crippen molar-refractivity contribution in [3.63, 3.8) is 0 Å². The monoisotopic (exact) mass is 456 g/mol. The largest absolute Gasteiger partial charge is 0.381 e. The highest BCUT2D eigenvalue weighted by Crippen LogP contribution is 2.13. The molecule has 10 heteroatoms. The Kier molecular flexibility index (Phi) is 14.9. The number of nitrogens with zero attached hydrogens (tertiary/aromatic N) is 1. The molecule has 0 aromatic heterocycles. The minimum absolute atomic E-state index is 0.0449. The van der Waals surface area contributed by atoms with Gasteiger partial charge in [0.15, 0.2) is 0 Å². The summed E-state index contributed by atoms with van der Waals surface area (Å²) in [6.45, 7) is 4.00. The van der Waals surface area contributed by atoms with Crippen LogP contribution in [0.2, 0.25) is 0 Å². The third-order valence-corrected chi connectivity index (χ3v) is 4.73. The lowest BCUT2D eigenvalue weighted by molar-refractivity contribution is -0.197. The third kappa shape index (κ3) is 13.9. The van der Waals surface area contributed by atoms with E-state index in [4.69, 9.17) is 14.3 Å². The van der Waals surface area contributed by atoms with Crippen LogP contribution in [0.15, 0.2) is 0 Å². The molecular weight excluding hydrogens is 420 g/mol. The smallest absolute Gasteiger partial charge is 0.333 e. The molecule has 32 heavy (non-hydrogen) atoms. The highest BCUT2D eigenvalue weighted by molar-refractivity contribution is 6.01. The fourth-order valence-corrected chi connectivity index (χ4v) is 2.89. The van der Waals surface area contributed by atoms with E-state index in [0.29, 0.717) is 57.3 Å². The zero-order chi connectivity index (χ0) is 23.6. The van der Waals surface area contributed by atoms with Crippen LogP contribution in [0, 0.1) is 0 Å². The van der Waals surface area contributed by atoms with Crippen LogP contribution < -0.4 is 5.32 Å². The van der Waals surface area contributed by atoms with Crippen LogP contribution in [0.25, 0.3) is 0 Å². The number of nitrogens with one attached hydrogen (secondary N) is 1. The SMILES string of the molecule is CC(=O)CCOCCCOCCC(=O)NCCCCCCCC(=O)ON1C(=O)CCC1=O. The minimum atomic E-state index is -0.566. The summed E-state index contributed by atoms with van der Waals surface area (Å²) in [6.07, 6.45) is 5.98. The van der Waals surface area contributed by atoms with Crippen LogP contribution in [0.5, 0.6) is 0 Å². The van der Waals surface area contributed by atoms with Gasteiger partial charge in [0.1, 0.15) is 5.78 Å². The van der Waals surface area contributed by atoms with Crippen molar-refractivity contribution in [1.29, 1.82) is 0 Å². The lowest BCUT2D eigenvalue weighted by atomic mass is 10.1. The number of hydrogen-bond donors (Lipinski definition) is 1. The Labute approximate surface area is 189 Å². The van der Waals surface area contributed by atoms with E-state index in [1.807, 2.05) is 0 Å². The second-order valence-corrected chi connectivity index (χ2v) is 7.69. The normalized spacial score (nSPS) is 13.5. The molecule has 0 unspecified atom stereocenters. The van der Waals surface area contributed by atoms with E-state index in [0.717, 1.165) is 32.1 Å². The summed E-state index contributed by atoms with van der Waals surface area (Å²) in [5, 5.41) is 3.42. The Morgan fingerprint density at radius 1 is 0.781 bits per heavy atom. The van der Waals surface area contributed by atoms with Gasteiger partial charge in [0.2, 0.25) is 5.91 Å². The molecular formula is C22H36N2O8. The summed E-state index contributed by atoms with van der Waals surface area (Å²) >= 11 is 0. The van der Waals surface area contributed by atoms with Crippen LogP contribution in [0.1, 0.15) is 77.6 Å². The maximum absolute atomic E-state index is 11.7. The minimum Gasteiger partial charge on any atom is -0.381 e. The first kappa shape index (κ1) is 27.7. The summed E-state index contributed by atoms with van der Waals surface area (Å²) in [5.74, 6) is -1.44. The van der Waals surface area contributed by atoms with Gasteiger partial charge in [-0.15, -0.1) is 5.06 Å². The molecule has 1 rings (SSSR count). The lowest BCUT2D eigenvalue weighted by Gasteiger charge is -2.12. The van der Waals surface area contributed by atoms with Crippen molar-refractivity contribution in [3.05, 3.63) is 0 Å². The van der Waals surface area contributed by atoms with Crippen molar-refractivity contribution in [2.75, 3.05) is 33.0 Å². The molecule has 0 atom stereocenters. The van der Waals surface area contributed by atoms with Crippen LogP contribution in [-0.4, -0.2) is 67.5 Å². The summed E-state index contributed by atoms with van der Waals surface area (Å²) in [6, 6.07) is 0. The van der Waals surface area contributed by atoms with E-state index in [-0.39, 0.29) is 31.0 Å². The van der Waals surface area contributed by atoms with Gasteiger partial charge < -0.3 is 19.6 Å². The van der Waals surface area contributed by atoms with Crippen LogP contribution >= 0.6 is 0 Å². The molecule has 182 valence electrons. The first-order chi connectivity index (χ1) is 15.4. The van der Waals surface area contributed by atoms with Crippen LogP contribution in [0.4, 0.5) is 0 Å². The van der Waals surface area contributed by atoms with E-state index in [1.54, 1.807) is 0 Å². The van der Waals surface area contributed by atoms with Crippen molar-refractivity contribution < 1.29 is 38.3 Å². The van der Waals surface area contributed by atoms with E-state index in [1.165, 1.54) is 6.92 Å². The molecule has 0 aliphatic carbocycles. The molecule has 0 saturated carbocycles. The molecule has 1 N–H and O–H groups in total. The number of rotatable bonds is 19. The van der Waals surface area contributed by atoms with E-state index >= 15 is 0 Å². The molecule has 1 saturated heterocycles. The standard InChI is InChI=1S/C22H36N2O8/c1-18(25)11-16-30-14-7-15-31-17-12-19(26)23-13-6-4-2-3-5-8-22(29)32-24-20(27)9-10-21(24)28/h2-17H2,1H3,(H,23,26). The Bertz CT molecular complexity index is 607. The van der Waals surface area contributed by atoms with Gasteiger partial charge in [-0.1, -0.05) is 19.3 Å². The molecule has 10 nitrogen and oxygen atoms in total. The molecule has 1 aliphatic heterocycles. The highest BCUT2D eigenvalue weighted by Gasteiger charge is 2.32. The zero-order valence-corrected chi connectivity index (χ0v) is 19.0. The zero-order valence-electron chi connectivity index (χ0n) is 19.0. The summed E-state index contributed by atoms with van der Waals surface area (Å²) in [4.78, 5) is 61.7. The molecule has 0 aromatic carbocycles. The average molecular weight is 457 g/mol. The topological polar surface area (TPSA) is 128 Å². The molecule has 0 radical (unpaired) electrons. The number of hydroxylamine groups is 2. The third-order valence-electron chi connectivity index (χ3n) is 4.73. The van der Waals surface area contributed by atoms with Gasteiger partial charge in [0.25, 0.3) is 11.8 Å². The number of carbonyl (C=O) groups excluding carboxylic acids is 5. The molecule has 0 aromatic rings.